The van der Waals surface area contributed by atoms with Crippen LogP contribution in [0.15, 0.2) is 24.3 Å². The lowest BCUT2D eigenvalue weighted by molar-refractivity contribution is -0.143. The van der Waals surface area contributed by atoms with Gasteiger partial charge in [0.05, 0.1) is 25.4 Å². The second kappa shape index (κ2) is 53.0. The molecule has 0 spiro atoms. The number of amides is 1. The molecule has 0 heterocycles. The Hall–Kier alpha value is -1.66. The highest BCUT2D eigenvalue weighted by Crippen LogP contribution is 2.17. The lowest BCUT2D eigenvalue weighted by atomic mass is 10.0. The summed E-state index contributed by atoms with van der Waals surface area (Å²) in [5.41, 5.74) is 0. The summed E-state index contributed by atoms with van der Waals surface area (Å²) in [4.78, 5) is 24.5. The Bertz CT molecular complexity index is 982. The molecule has 0 aromatic heterocycles. The molecule has 6 heteroatoms. The fourth-order valence-corrected chi connectivity index (χ4v) is 8.67. The molecule has 0 rings (SSSR count). The van der Waals surface area contributed by atoms with Crippen LogP contribution in [0.4, 0.5) is 0 Å². The molecule has 2 atom stereocenters. The highest BCUT2D eigenvalue weighted by molar-refractivity contribution is 5.76. The minimum absolute atomic E-state index is 0.0108. The van der Waals surface area contributed by atoms with Crippen molar-refractivity contribution in [1.82, 2.24) is 5.32 Å². The second-order valence-corrected chi connectivity index (χ2v) is 19.3. The first kappa shape index (κ1) is 61.3. The summed E-state index contributed by atoms with van der Waals surface area (Å²) in [6.45, 7) is 4.90. The average molecular weight is 889 g/mol. The Morgan fingerprint density at radius 3 is 1.21 bits per heavy atom. The maximum Gasteiger partial charge on any atom is 0.305 e. The number of aliphatic hydroxyl groups is 2. The highest BCUT2D eigenvalue weighted by Gasteiger charge is 2.20. The lowest BCUT2D eigenvalue weighted by Crippen LogP contribution is -2.45. The van der Waals surface area contributed by atoms with E-state index in [0.29, 0.717) is 25.9 Å². The predicted octanol–water partition coefficient (Wildman–Crippen LogP) is 17.1. The fourth-order valence-electron chi connectivity index (χ4n) is 8.67. The summed E-state index contributed by atoms with van der Waals surface area (Å²) >= 11 is 0. The number of allylic oxidation sites excluding steroid dienone is 4. The zero-order valence-corrected chi connectivity index (χ0v) is 42.3. The van der Waals surface area contributed by atoms with Crippen LogP contribution in [0.1, 0.15) is 303 Å². The van der Waals surface area contributed by atoms with Gasteiger partial charge in [-0.3, -0.25) is 9.59 Å². The van der Waals surface area contributed by atoms with Gasteiger partial charge in [-0.25, -0.2) is 0 Å². The first-order valence-corrected chi connectivity index (χ1v) is 28.1. The van der Waals surface area contributed by atoms with E-state index in [2.05, 4.69) is 43.5 Å². The summed E-state index contributed by atoms with van der Waals surface area (Å²) < 4.78 is 5.47. The van der Waals surface area contributed by atoms with Gasteiger partial charge in [-0.1, -0.05) is 250 Å². The smallest absolute Gasteiger partial charge is 0.305 e. The van der Waals surface area contributed by atoms with Crippen LogP contribution in [0, 0.1) is 0 Å². The number of nitrogens with one attached hydrogen (secondary N) is 1. The summed E-state index contributed by atoms with van der Waals surface area (Å²) in [5, 5.41) is 23.1. The number of hydrogen-bond acceptors (Lipinski definition) is 5. The van der Waals surface area contributed by atoms with Gasteiger partial charge in [-0.2, -0.15) is 0 Å². The van der Waals surface area contributed by atoms with E-state index in [9.17, 15) is 19.8 Å². The van der Waals surface area contributed by atoms with Crippen molar-refractivity contribution in [2.24, 2.45) is 0 Å². The predicted molar refractivity (Wildman–Crippen MR) is 273 cm³/mol. The van der Waals surface area contributed by atoms with Gasteiger partial charge in [-0.15, -0.1) is 0 Å². The molecule has 372 valence electrons. The molecule has 0 saturated heterocycles. The molecule has 0 saturated carbocycles. The molecule has 0 radical (unpaired) electrons. The third kappa shape index (κ3) is 49.6. The summed E-state index contributed by atoms with van der Waals surface area (Å²) in [5.74, 6) is -0.0633. The third-order valence-electron chi connectivity index (χ3n) is 13.0. The van der Waals surface area contributed by atoms with Gasteiger partial charge in [0.2, 0.25) is 5.91 Å². The van der Waals surface area contributed by atoms with Crippen LogP contribution in [-0.2, 0) is 14.3 Å². The number of carbonyl (C=O) groups excluding carboxylic acids is 2. The maximum absolute atomic E-state index is 12.4. The van der Waals surface area contributed by atoms with Crippen LogP contribution in [0.5, 0.6) is 0 Å². The molecule has 0 bridgehead atoms. The molecule has 1 amide bonds. The number of hydrogen-bond donors (Lipinski definition) is 3. The zero-order valence-electron chi connectivity index (χ0n) is 42.3. The van der Waals surface area contributed by atoms with Crippen molar-refractivity contribution in [1.29, 1.82) is 0 Å². The van der Waals surface area contributed by atoms with Crippen molar-refractivity contribution in [3.63, 3.8) is 0 Å². The van der Waals surface area contributed by atoms with Gasteiger partial charge in [0.15, 0.2) is 0 Å². The number of unbranched alkanes of at least 4 members (excludes halogenated alkanes) is 37. The number of esters is 1. The van der Waals surface area contributed by atoms with E-state index in [-0.39, 0.29) is 18.5 Å². The number of rotatable bonds is 52. The zero-order chi connectivity index (χ0) is 45.8. The Balaban J connectivity index is 3.44. The average Bonchev–Trinajstić information content (AvgIpc) is 3.28. The Morgan fingerprint density at radius 2 is 0.794 bits per heavy atom. The highest BCUT2D eigenvalue weighted by atomic mass is 16.5. The monoisotopic (exact) mass is 888 g/mol. The first-order chi connectivity index (χ1) is 31.0. The van der Waals surface area contributed by atoms with E-state index >= 15 is 0 Å². The number of carbonyl (C=O) groups is 2. The molecule has 0 aliphatic rings. The molecule has 0 aliphatic heterocycles. The SMILES string of the molecule is CCCCCCCCCCCCCCCCCCCCCC(=O)OCCCCC/C=C\C/C=C\CCCCCCCCCC(=O)NC(CO)C(O)CCCCCCCCCCCC. The standard InChI is InChI=1S/C57H109NO5/c1-3-5-7-9-11-13-15-16-17-18-19-22-25-28-31-35-39-43-47-51-57(62)63-52-48-44-40-36-32-29-26-23-20-21-24-27-30-34-38-42-46-50-56(61)58-54(53-59)55(60)49-45-41-37-33-14-12-10-8-6-4-2/h20,23,29,32,54-55,59-60H,3-19,21-22,24-28,30-31,33-53H2,1-2H3,(H,58,61)/b23-20-,32-29-. The Labute approximate surface area is 392 Å². The number of aliphatic hydroxyl groups excluding tert-OH is 2. The maximum atomic E-state index is 12.4. The molecular formula is C57H109NO5. The molecule has 0 aromatic carbocycles. The van der Waals surface area contributed by atoms with Crippen LogP contribution in [0.3, 0.4) is 0 Å². The van der Waals surface area contributed by atoms with Crippen molar-refractivity contribution in [2.45, 2.75) is 315 Å². The van der Waals surface area contributed by atoms with E-state index in [4.69, 9.17) is 4.74 Å². The third-order valence-corrected chi connectivity index (χ3v) is 13.0. The normalized spacial score (nSPS) is 12.8. The van der Waals surface area contributed by atoms with Crippen LogP contribution >= 0.6 is 0 Å². The molecule has 3 N–H and O–H groups in total. The van der Waals surface area contributed by atoms with E-state index < -0.39 is 12.1 Å². The quantitative estimate of drug-likeness (QED) is 0.0321. The van der Waals surface area contributed by atoms with Crippen molar-refractivity contribution in [3.8, 4) is 0 Å². The van der Waals surface area contributed by atoms with E-state index in [0.717, 1.165) is 83.5 Å². The minimum Gasteiger partial charge on any atom is -0.466 e. The molecule has 6 nitrogen and oxygen atoms in total. The van der Waals surface area contributed by atoms with E-state index in [1.54, 1.807) is 0 Å². The van der Waals surface area contributed by atoms with Crippen molar-refractivity contribution in [3.05, 3.63) is 24.3 Å². The first-order valence-electron chi connectivity index (χ1n) is 28.1. The molecule has 0 aliphatic carbocycles. The van der Waals surface area contributed by atoms with E-state index in [1.807, 2.05) is 0 Å². The van der Waals surface area contributed by atoms with Crippen LogP contribution in [0.25, 0.3) is 0 Å². The topological polar surface area (TPSA) is 95.9 Å². The number of ether oxygens (including phenoxy) is 1. The van der Waals surface area contributed by atoms with Gasteiger partial charge in [0, 0.05) is 12.8 Å². The Morgan fingerprint density at radius 1 is 0.444 bits per heavy atom. The fraction of sp³-hybridized carbons (Fsp3) is 0.895. The largest absolute Gasteiger partial charge is 0.466 e. The van der Waals surface area contributed by atoms with Gasteiger partial charge >= 0.3 is 5.97 Å². The van der Waals surface area contributed by atoms with Crippen molar-refractivity contribution in [2.75, 3.05) is 13.2 Å². The molecular weight excluding hydrogens is 779 g/mol. The van der Waals surface area contributed by atoms with Crippen LogP contribution in [-0.4, -0.2) is 47.4 Å². The second-order valence-electron chi connectivity index (χ2n) is 19.3. The van der Waals surface area contributed by atoms with Crippen LogP contribution in [0.2, 0.25) is 0 Å². The minimum atomic E-state index is -0.672. The van der Waals surface area contributed by atoms with Crippen LogP contribution < -0.4 is 5.32 Å². The summed E-state index contributed by atoms with van der Waals surface area (Å²) in [6.07, 6.45) is 63.2. The van der Waals surface area contributed by atoms with Gasteiger partial charge in [-0.05, 0) is 64.2 Å². The molecule has 2 unspecified atom stereocenters. The summed E-state index contributed by atoms with van der Waals surface area (Å²) in [6, 6.07) is -0.551. The van der Waals surface area contributed by atoms with E-state index in [1.165, 1.54) is 186 Å². The lowest BCUT2D eigenvalue weighted by Gasteiger charge is -2.22. The van der Waals surface area contributed by atoms with Crippen molar-refractivity contribution >= 4 is 11.9 Å². The van der Waals surface area contributed by atoms with Gasteiger partial charge in [0.1, 0.15) is 0 Å². The van der Waals surface area contributed by atoms with Gasteiger partial charge in [0.25, 0.3) is 0 Å². The Kier molecular flexibility index (Phi) is 51.6. The molecule has 0 fully saturated rings. The molecule has 63 heavy (non-hydrogen) atoms. The van der Waals surface area contributed by atoms with Gasteiger partial charge < -0.3 is 20.3 Å². The summed E-state index contributed by atoms with van der Waals surface area (Å²) in [7, 11) is 0. The molecule has 0 aromatic rings. The van der Waals surface area contributed by atoms with Crippen molar-refractivity contribution < 1.29 is 24.5 Å².